The van der Waals surface area contributed by atoms with Gasteiger partial charge in [-0.25, -0.2) is 8.42 Å². The van der Waals surface area contributed by atoms with Crippen LogP contribution in [0.4, 0.5) is 0 Å². The van der Waals surface area contributed by atoms with Crippen LogP contribution < -0.4 is 5.32 Å². The van der Waals surface area contributed by atoms with Gasteiger partial charge in [-0.1, -0.05) is 19.1 Å². The van der Waals surface area contributed by atoms with Gasteiger partial charge in [0.2, 0.25) is 10.0 Å². The Kier molecular flexibility index (Phi) is 5.07. The zero-order valence-electron chi connectivity index (χ0n) is 13.2. The van der Waals surface area contributed by atoms with Crippen molar-refractivity contribution in [3.63, 3.8) is 0 Å². The van der Waals surface area contributed by atoms with Crippen molar-refractivity contribution in [1.82, 2.24) is 9.62 Å². The second kappa shape index (κ2) is 6.46. The average molecular weight is 310 g/mol. The zero-order chi connectivity index (χ0) is 15.5. The molecule has 0 bridgehead atoms. The molecular formula is C16H26N2O2S. The lowest BCUT2D eigenvalue weighted by Gasteiger charge is -2.30. The molecule has 1 aromatic rings. The summed E-state index contributed by atoms with van der Waals surface area (Å²) in [5.41, 5.74) is 0.733. The highest BCUT2D eigenvalue weighted by molar-refractivity contribution is 7.89. The molecule has 0 radical (unpaired) electrons. The van der Waals surface area contributed by atoms with E-state index in [1.807, 2.05) is 26.0 Å². The minimum absolute atomic E-state index is 0.282. The van der Waals surface area contributed by atoms with Crippen molar-refractivity contribution < 1.29 is 8.42 Å². The number of nitrogens with one attached hydrogen (secondary N) is 1. The summed E-state index contributed by atoms with van der Waals surface area (Å²) >= 11 is 0. The van der Waals surface area contributed by atoms with Crippen molar-refractivity contribution in [2.24, 2.45) is 0 Å². The van der Waals surface area contributed by atoms with Crippen LogP contribution in [0, 0.1) is 0 Å². The first-order chi connectivity index (χ1) is 9.88. The Balaban J connectivity index is 2.22. The van der Waals surface area contributed by atoms with Crippen LogP contribution in [0.15, 0.2) is 29.2 Å². The van der Waals surface area contributed by atoms with E-state index in [-0.39, 0.29) is 5.54 Å². The Hall–Kier alpha value is -0.910. The van der Waals surface area contributed by atoms with Crippen LogP contribution >= 0.6 is 0 Å². The molecule has 1 aliphatic heterocycles. The van der Waals surface area contributed by atoms with Gasteiger partial charge in [0.25, 0.3) is 0 Å². The van der Waals surface area contributed by atoms with Gasteiger partial charge in [0.05, 0.1) is 4.90 Å². The van der Waals surface area contributed by atoms with Crippen molar-refractivity contribution in [3.8, 4) is 0 Å². The fraction of sp³-hybridized carbons (Fsp3) is 0.625. The molecule has 0 aromatic heterocycles. The first kappa shape index (κ1) is 16.5. The number of benzene rings is 1. The van der Waals surface area contributed by atoms with Gasteiger partial charge in [-0.15, -0.1) is 0 Å². The normalized spacial score (nSPS) is 19.0. The molecule has 0 atom stereocenters. The van der Waals surface area contributed by atoms with Crippen LogP contribution in [-0.4, -0.2) is 31.4 Å². The van der Waals surface area contributed by atoms with E-state index in [4.69, 9.17) is 0 Å². The average Bonchev–Trinajstić information content (AvgIpc) is 2.80. The first-order valence-corrected chi connectivity index (χ1v) is 9.14. The van der Waals surface area contributed by atoms with Crippen LogP contribution in [0.3, 0.4) is 0 Å². The van der Waals surface area contributed by atoms with Gasteiger partial charge in [0.15, 0.2) is 0 Å². The maximum atomic E-state index is 12.8. The summed E-state index contributed by atoms with van der Waals surface area (Å²) in [7, 11) is -3.39. The van der Waals surface area contributed by atoms with Crippen LogP contribution in [0.5, 0.6) is 0 Å². The summed E-state index contributed by atoms with van der Waals surface area (Å²) in [6.45, 7) is 8.39. The van der Waals surface area contributed by atoms with Crippen LogP contribution in [-0.2, 0) is 16.6 Å². The fourth-order valence-electron chi connectivity index (χ4n) is 2.88. The molecule has 4 nitrogen and oxygen atoms in total. The minimum atomic E-state index is -3.39. The van der Waals surface area contributed by atoms with Gasteiger partial charge in [0, 0.05) is 18.6 Å². The van der Waals surface area contributed by atoms with Crippen molar-refractivity contribution in [3.05, 3.63) is 29.8 Å². The van der Waals surface area contributed by atoms with Crippen molar-refractivity contribution in [2.75, 3.05) is 13.1 Å². The van der Waals surface area contributed by atoms with Gasteiger partial charge < -0.3 is 5.32 Å². The topological polar surface area (TPSA) is 49.4 Å². The largest absolute Gasteiger partial charge is 0.313 e. The van der Waals surface area contributed by atoms with Gasteiger partial charge in [-0.2, -0.15) is 4.31 Å². The third kappa shape index (κ3) is 3.65. The highest BCUT2D eigenvalue weighted by Crippen LogP contribution is 2.33. The molecule has 1 N–H and O–H groups in total. The van der Waals surface area contributed by atoms with E-state index in [0.29, 0.717) is 18.0 Å². The summed E-state index contributed by atoms with van der Waals surface area (Å²) in [4.78, 5) is 0.410. The smallest absolute Gasteiger partial charge is 0.243 e. The van der Waals surface area contributed by atoms with E-state index < -0.39 is 10.0 Å². The molecule has 0 spiro atoms. The molecular weight excluding hydrogens is 284 g/mol. The molecule has 1 heterocycles. The molecule has 5 heteroatoms. The second-order valence-corrected chi connectivity index (χ2v) is 8.18. The molecule has 0 saturated carbocycles. The molecule has 1 saturated heterocycles. The van der Waals surface area contributed by atoms with Crippen LogP contribution in [0.25, 0.3) is 0 Å². The molecule has 0 aliphatic carbocycles. The van der Waals surface area contributed by atoms with E-state index in [1.165, 1.54) is 0 Å². The summed E-state index contributed by atoms with van der Waals surface area (Å²) in [5, 5.41) is 3.31. The highest BCUT2D eigenvalue weighted by atomic mass is 32.2. The molecule has 118 valence electrons. The molecule has 0 unspecified atom stereocenters. The lowest BCUT2D eigenvalue weighted by atomic mass is 10.0. The Labute approximate surface area is 128 Å². The van der Waals surface area contributed by atoms with E-state index in [1.54, 1.807) is 16.4 Å². The summed E-state index contributed by atoms with van der Waals surface area (Å²) in [6, 6.07) is 7.30. The number of nitrogens with zero attached hydrogens (tertiary/aromatic N) is 1. The number of hydrogen-bond acceptors (Lipinski definition) is 3. The van der Waals surface area contributed by atoms with Crippen molar-refractivity contribution in [1.29, 1.82) is 0 Å². The summed E-state index contributed by atoms with van der Waals surface area (Å²) in [5.74, 6) is 0. The van der Waals surface area contributed by atoms with Gasteiger partial charge in [0.1, 0.15) is 0 Å². The number of sulfonamides is 1. The molecule has 21 heavy (non-hydrogen) atoms. The van der Waals surface area contributed by atoms with Gasteiger partial charge in [-0.05, 0) is 57.4 Å². The Bertz CT molecular complexity index is 582. The minimum Gasteiger partial charge on any atom is -0.313 e. The zero-order valence-corrected chi connectivity index (χ0v) is 14.0. The lowest BCUT2D eigenvalue weighted by Crippen LogP contribution is -2.42. The molecule has 1 aromatic carbocycles. The Morgan fingerprint density at radius 2 is 2.10 bits per heavy atom. The van der Waals surface area contributed by atoms with E-state index in [9.17, 15) is 8.42 Å². The Morgan fingerprint density at radius 3 is 2.71 bits per heavy atom. The van der Waals surface area contributed by atoms with Gasteiger partial charge >= 0.3 is 0 Å². The lowest BCUT2D eigenvalue weighted by molar-refractivity contribution is 0.291. The van der Waals surface area contributed by atoms with Crippen molar-refractivity contribution >= 4 is 10.0 Å². The van der Waals surface area contributed by atoms with Crippen LogP contribution in [0.1, 0.15) is 45.6 Å². The van der Waals surface area contributed by atoms with Crippen LogP contribution in [0.2, 0.25) is 0 Å². The maximum absolute atomic E-state index is 12.8. The van der Waals surface area contributed by atoms with Crippen molar-refractivity contribution in [2.45, 2.75) is 57.0 Å². The molecule has 1 fully saturated rings. The molecule has 2 rings (SSSR count). The quantitative estimate of drug-likeness (QED) is 0.822. The van der Waals surface area contributed by atoms with Gasteiger partial charge in [-0.3, -0.25) is 0 Å². The monoisotopic (exact) mass is 310 g/mol. The SMILES string of the molecule is CCCNCc1cccc(S(=O)(=O)N2CCCC2(C)C)c1. The Morgan fingerprint density at radius 1 is 1.33 bits per heavy atom. The number of hydrogen-bond donors (Lipinski definition) is 1. The maximum Gasteiger partial charge on any atom is 0.243 e. The standard InChI is InChI=1S/C16H26N2O2S/c1-4-10-17-13-14-7-5-8-15(12-14)21(19,20)18-11-6-9-16(18,2)3/h5,7-8,12,17H,4,6,9-11,13H2,1-3H3. The summed E-state index contributed by atoms with van der Waals surface area (Å²) < 4.78 is 27.3. The summed E-state index contributed by atoms with van der Waals surface area (Å²) in [6.07, 6.45) is 2.92. The molecule has 1 aliphatic rings. The molecule has 0 amide bonds. The third-order valence-corrected chi connectivity index (χ3v) is 6.17. The highest BCUT2D eigenvalue weighted by Gasteiger charge is 2.40. The predicted octanol–water partition coefficient (Wildman–Crippen LogP) is 2.75. The number of rotatable bonds is 6. The van der Waals surface area contributed by atoms with E-state index in [0.717, 1.165) is 31.4 Å². The predicted molar refractivity (Wildman–Crippen MR) is 85.6 cm³/mol. The third-order valence-electron chi connectivity index (χ3n) is 4.07. The first-order valence-electron chi connectivity index (χ1n) is 7.70. The van der Waals surface area contributed by atoms with E-state index in [2.05, 4.69) is 12.2 Å². The van der Waals surface area contributed by atoms with E-state index >= 15 is 0 Å². The fourth-order valence-corrected chi connectivity index (χ4v) is 4.80. The second-order valence-electron chi connectivity index (χ2n) is 6.32.